The summed E-state index contributed by atoms with van der Waals surface area (Å²) < 4.78 is 3.83. The minimum atomic E-state index is 0.493. The smallest absolute Gasteiger partial charge is 0.214 e. The van der Waals surface area contributed by atoms with E-state index >= 15 is 0 Å². The molecule has 2 aromatic heterocycles. The minimum Gasteiger partial charge on any atom is -0.330 e. The second-order valence-electron chi connectivity index (χ2n) is 6.63. The Bertz CT molecular complexity index is 1080. The van der Waals surface area contributed by atoms with Crippen LogP contribution < -0.4 is 0 Å². The summed E-state index contributed by atoms with van der Waals surface area (Å²) in [6.07, 6.45) is 0. The third-order valence-electron chi connectivity index (χ3n) is 4.51. The zero-order valence-corrected chi connectivity index (χ0v) is 16.9. The van der Waals surface area contributed by atoms with Crippen molar-refractivity contribution in [2.24, 2.45) is 7.05 Å². The average molecular weight is 399 g/mol. The van der Waals surface area contributed by atoms with Gasteiger partial charge in [-0.1, -0.05) is 49.3 Å². The molecule has 4 rings (SSSR count). The van der Waals surface area contributed by atoms with E-state index in [2.05, 4.69) is 51.1 Å². The Balaban J connectivity index is 1.56. The van der Waals surface area contributed by atoms with E-state index in [0.29, 0.717) is 16.7 Å². The monoisotopic (exact) mass is 398 g/mol. The van der Waals surface area contributed by atoms with Crippen LogP contribution in [0.15, 0.2) is 47.6 Å². The van der Waals surface area contributed by atoms with Crippen LogP contribution in [-0.2, 0) is 12.8 Å². The van der Waals surface area contributed by atoms with Gasteiger partial charge in [-0.15, -0.1) is 5.10 Å². The van der Waals surface area contributed by atoms with Gasteiger partial charge in [0.1, 0.15) is 5.82 Å². The van der Waals surface area contributed by atoms with E-state index in [1.807, 2.05) is 37.4 Å². The standard InChI is InChI=1S/C19H19ClN6S/c1-12(2)13-4-7-15(8-5-13)26-19(22-23-24-26)27-11-18-21-16-10-14(20)6-9-17(16)25(18)3/h4-10,12H,11H2,1-3H3. The molecular formula is C19H19ClN6S. The van der Waals surface area contributed by atoms with E-state index in [1.165, 1.54) is 5.56 Å². The summed E-state index contributed by atoms with van der Waals surface area (Å²) in [5.41, 5.74) is 4.19. The van der Waals surface area contributed by atoms with Gasteiger partial charge in [0.05, 0.1) is 22.5 Å². The van der Waals surface area contributed by atoms with Crippen molar-refractivity contribution in [2.75, 3.05) is 0 Å². The Hall–Kier alpha value is -2.38. The lowest BCUT2D eigenvalue weighted by Crippen LogP contribution is -2.01. The van der Waals surface area contributed by atoms with Crippen molar-refractivity contribution < 1.29 is 0 Å². The molecule has 0 aliphatic rings. The predicted molar refractivity (Wildman–Crippen MR) is 109 cm³/mol. The highest BCUT2D eigenvalue weighted by Crippen LogP contribution is 2.26. The normalized spacial score (nSPS) is 11.6. The van der Waals surface area contributed by atoms with E-state index in [0.717, 1.165) is 27.7 Å². The van der Waals surface area contributed by atoms with Gasteiger partial charge in [0.2, 0.25) is 5.16 Å². The Labute approximate surface area is 166 Å². The molecule has 4 aromatic rings. The van der Waals surface area contributed by atoms with Gasteiger partial charge in [-0.2, -0.15) is 4.68 Å². The van der Waals surface area contributed by atoms with Crippen LogP contribution in [0.3, 0.4) is 0 Å². The third kappa shape index (κ3) is 3.57. The molecule has 6 nitrogen and oxygen atoms in total. The molecule has 0 N–H and O–H groups in total. The number of nitrogens with zero attached hydrogens (tertiary/aromatic N) is 6. The number of hydrogen-bond acceptors (Lipinski definition) is 5. The number of hydrogen-bond donors (Lipinski definition) is 0. The zero-order valence-electron chi connectivity index (χ0n) is 15.3. The fraction of sp³-hybridized carbons (Fsp3) is 0.263. The molecule has 0 bridgehead atoms. The van der Waals surface area contributed by atoms with E-state index in [1.54, 1.807) is 16.4 Å². The van der Waals surface area contributed by atoms with Crippen LogP contribution in [0.1, 0.15) is 31.2 Å². The Morgan fingerprint density at radius 3 is 2.63 bits per heavy atom. The highest BCUT2D eigenvalue weighted by Gasteiger charge is 2.13. The molecule has 8 heteroatoms. The fourth-order valence-electron chi connectivity index (χ4n) is 2.91. The maximum absolute atomic E-state index is 6.07. The summed E-state index contributed by atoms with van der Waals surface area (Å²) >= 11 is 7.63. The number of thioether (sulfide) groups is 1. The molecule has 0 saturated heterocycles. The molecule has 0 fully saturated rings. The first-order chi connectivity index (χ1) is 13.0. The van der Waals surface area contributed by atoms with E-state index in [4.69, 9.17) is 11.6 Å². The molecule has 2 heterocycles. The number of tetrazole rings is 1. The lowest BCUT2D eigenvalue weighted by Gasteiger charge is -2.08. The largest absolute Gasteiger partial charge is 0.330 e. The number of benzene rings is 2. The molecule has 0 atom stereocenters. The van der Waals surface area contributed by atoms with Crippen LogP contribution in [0.5, 0.6) is 0 Å². The molecular weight excluding hydrogens is 380 g/mol. The molecule has 0 saturated carbocycles. The summed E-state index contributed by atoms with van der Waals surface area (Å²) in [6, 6.07) is 14.1. The van der Waals surface area contributed by atoms with Gasteiger partial charge < -0.3 is 4.57 Å². The van der Waals surface area contributed by atoms with Crippen LogP contribution in [0, 0.1) is 0 Å². The lowest BCUT2D eigenvalue weighted by molar-refractivity contribution is 0.754. The third-order valence-corrected chi connectivity index (χ3v) is 5.66. The van der Waals surface area contributed by atoms with Crippen LogP contribution in [0.2, 0.25) is 5.02 Å². The summed E-state index contributed by atoms with van der Waals surface area (Å²) in [4.78, 5) is 4.69. The Kier molecular flexibility index (Phi) is 4.88. The maximum Gasteiger partial charge on any atom is 0.214 e. The van der Waals surface area contributed by atoms with Crippen LogP contribution >= 0.6 is 23.4 Å². The van der Waals surface area contributed by atoms with Crippen molar-refractivity contribution in [3.05, 3.63) is 58.9 Å². The zero-order chi connectivity index (χ0) is 19.0. The number of aromatic nitrogens is 6. The van der Waals surface area contributed by atoms with Gasteiger partial charge in [-0.3, -0.25) is 0 Å². The summed E-state index contributed by atoms with van der Waals surface area (Å²) in [5, 5.41) is 13.6. The highest BCUT2D eigenvalue weighted by molar-refractivity contribution is 7.98. The van der Waals surface area contributed by atoms with Crippen molar-refractivity contribution in [3.63, 3.8) is 0 Å². The molecule has 27 heavy (non-hydrogen) atoms. The molecule has 138 valence electrons. The Morgan fingerprint density at radius 2 is 1.89 bits per heavy atom. The topological polar surface area (TPSA) is 61.4 Å². The first-order valence-corrected chi connectivity index (χ1v) is 10.0. The molecule has 0 aliphatic carbocycles. The molecule has 0 amide bonds. The first-order valence-electron chi connectivity index (χ1n) is 8.65. The molecule has 0 radical (unpaired) electrons. The minimum absolute atomic E-state index is 0.493. The van der Waals surface area contributed by atoms with Crippen LogP contribution in [0.25, 0.3) is 16.7 Å². The van der Waals surface area contributed by atoms with Gasteiger partial charge in [0.15, 0.2) is 0 Å². The summed E-state index contributed by atoms with van der Waals surface area (Å²) in [7, 11) is 2.01. The van der Waals surface area contributed by atoms with Crippen molar-refractivity contribution in [2.45, 2.75) is 30.7 Å². The highest BCUT2D eigenvalue weighted by atomic mass is 35.5. The van der Waals surface area contributed by atoms with Crippen LogP contribution in [-0.4, -0.2) is 29.8 Å². The van der Waals surface area contributed by atoms with Crippen molar-refractivity contribution >= 4 is 34.4 Å². The Morgan fingerprint density at radius 1 is 1.11 bits per heavy atom. The number of fused-ring (bicyclic) bond motifs is 1. The maximum atomic E-state index is 6.07. The number of imidazole rings is 1. The van der Waals surface area contributed by atoms with E-state index in [-0.39, 0.29) is 0 Å². The fourth-order valence-corrected chi connectivity index (χ4v) is 3.95. The van der Waals surface area contributed by atoms with Crippen LogP contribution in [0.4, 0.5) is 0 Å². The molecule has 0 unspecified atom stereocenters. The second kappa shape index (κ2) is 7.32. The second-order valence-corrected chi connectivity index (χ2v) is 8.01. The van der Waals surface area contributed by atoms with E-state index < -0.39 is 0 Å². The predicted octanol–water partition coefficient (Wildman–Crippen LogP) is 4.62. The number of rotatable bonds is 5. The molecule has 2 aromatic carbocycles. The van der Waals surface area contributed by atoms with Crippen molar-refractivity contribution in [1.82, 2.24) is 29.8 Å². The summed E-state index contributed by atoms with van der Waals surface area (Å²) in [5.74, 6) is 2.10. The average Bonchev–Trinajstić information content (AvgIpc) is 3.24. The quantitative estimate of drug-likeness (QED) is 0.459. The van der Waals surface area contributed by atoms with E-state index in [9.17, 15) is 0 Å². The SMILES string of the molecule is CC(C)c1ccc(-n2nnnc2SCc2nc3cc(Cl)ccc3n2C)cc1. The van der Waals surface area contributed by atoms with Crippen molar-refractivity contribution in [1.29, 1.82) is 0 Å². The lowest BCUT2D eigenvalue weighted by atomic mass is 10.0. The number of halogens is 1. The van der Waals surface area contributed by atoms with Gasteiger partial charge in [0.25, 0.3) is 0 Å². The van der Waals surface area contributed by atoms with Gasteiger partial charge >= 0.3 is 0 Å². The molecule has 0 aliphatic heterocycles. The van der Waals surface area contributed by atoms with Gasteiger partial charge in [-0.05, 0) is 52.2 Å². The number of aryl methyl sites for hydroxylation is 1. The van der Waals surface area contributed by atoms with Gasteiger partial charge in [-0.25, -0.2) is 4.98 Å². The molecule has 0 spiro atoms. The van der Waals surface area contributed by atoms with Gasteiger partial charge in [0, 0.05) is 12.1 Å². The summed E-state index contributed by atoms with van der Waals surface area (Å²) in [6.45, 7) is 4.36. The van der Waals surface area contributed by atoms with Crippen molar-refractivity contribution in [3.8, 4) is 5.69 Å². The first kappa shape index (κ1) is 18.0.